The van der Waals surface area contributed by atoms with Crippen LogP contribution in [0.25, 0.3) is 0 Å². The van der Waals surface area contributed by atoms with Crippen molar-refractivity contribution < 1.29 is 8.78 Å². The molecule has 0 bridgehead atoms. The van der Waals surface area contributed by atoms with Crippen LogP contribution in [0.1, 0.15) is 43.2 Å². The van der Waals surface area contributed by atoms with Gasteiger partial charge in [0.25, 0.3) is 0 Å². The van der Waals surface area contributed by atoms with E-state index in [-0.39, 0.29) is 0 Å². The van der Waals surface area contributed by atoms with Gasteiger partial charge in [-0.25, -0.2) is 8.78 Å². The van der Waals surface area contributed by atoms with Gasteiger partial charge in [-0.15, -0.1) is 0 Å². The summed E-state index contributed by atoms with van der Waals surface area (Å²) in [5.41, 5.74) is 6.90. The van der Waals surface area contributed by atoms with Crippen LogP contribution in [0.4, 0.5) is 8.78 Å². The Morgan fingerprint density at radius 1 is 1.12 bits per heavy atom. The van der Waals surface area contributed by atoms with E-state index >= 15 is 0 Å². The lowest BCUT2D eigenvalue weighted by Gasteiger charge is -2.34. The third kappa shape index (κ3) is 1.96. The van der Waals surface area contributed by atoms with E-state index in [1.165, 1.54) is 12.5 Å². The van der Waals surface area contributed by atoms with Crippen LogP contribution < -0.4 is 5.73 Å². The average molecular weight is 225 g/mol. The van der Waals surface area contributed by atoms with Crippen molar-refractivity contribution in [3.05, 3.63) is 34.9 Å². The summed E-state index contributed by atoms with van der Waals surface area (Å²) >= 11 is 0. The molecule has 1 saturated carbocycles. The highest BCUT2D eigenvalue weighted by Gasteiger charge is 2.30. The SMILES string of the molecule is Cc1cc(C2(N)CCCCC2)cc(F)c1F. The lowest BCUT2D eigenvalue weighted by Crippen LogP contribution is -2.38. The van der Waals surface area contributed by atoms with Crippen molar-refractivity contribution in [1.82, 2.24) is 0 Å². The van der Waals surface area contributed by atoms with Crippen LogP contribution in [-0.2, 0) is 5.54 Å². The van der Waals surface area contributed by atoms with Crippen molar-refractivity contribution in [1.29, 1.82) is 0 Å². The highest BCUT2D eigenvalue weighted by molar-refractivity contribution is 5.31. The van der Waals surface area contributed by atoms with E-state index in [1.807, 2.05) is 0 Å². The topological polar surface area (TPSA) is 26.0 Å². The molecule has 3 heteroatoms. The fourth-order valence-electron chi connectivity index (χ4n) is 2.49. The van der Waals surface area contributed by atoms with Gasteiger partial charge in [-0.1, -0.05) is 25.3 Å². The zero-order valence-corrected chi connectivity index (χ0v) is 9.52. The number of hydrogen-bond donors (Lipinski definition) is 1. The summed E-state index contributed by atoms with van der Waals surface area (Å²) in [6.07, 6.45) is 5.03. The predicted molar refractivity (Wildman–Crippen MR) is 60.0 cm³/mol. The molecule has 0 spiro atoms. The minimum absolute atomic E-state index is 0.338. The number of rotatable bonds is 1. The Morgan fingerprint density at radius 2 is 1.75 bits per heavy atom. The van der Waals surface area contributed by atoms with E-state index in [0.29, 0.717) is 5.56 Å². The summed E-state index contributed by atoms with van der Waals surface area (Å²) in [7, 11) is 0. The number of halogens is 2. The van der Waals surface area contributed by atoms with Crippen LogP contribution in [0, 0.1) is 18.6 Å². The van der Waals surface area contributed by atoms with Crippen LogP contribution in [0.3, 0.4) is 0 Å². The minimum atomic E-state index is -0.787. The van der Waals surface area contributed by atoms with Gasteiger partial charge in [0, 0.05) is 5.54 Å². The maximum absolute atomic E-state index is 13.3. The summed E-state index contributed by atoms with van der Waals surface area (Å²) in [6.45, 7) is 1.58. The largest absolute Gasteiger partial charge is 0.321 e. The zero-order valence-electron chi connectivity index (χ0n) is 9.52. The maximum atomic E-state index is 13.3. The second-order valence-electron chi connectivity index (χ2n) is 4.81. The molecule has 0 amide bonds. The second kappa shape index (κ2) is 4.13. The van der Waals surface area contributed by atoms with Gasteiger partial charge in [0.2, 0.25) is 0 Å². The Morgan fingerprint density at radius 3 is 2.31 bits per heavy atom. The molecule has 0 atom stereocenters. The normalized spacial score (nSPS) is 19.8. The third-order valence-corrected chi connectivity index (χ3v) is 3.53. The van der Waals surface area contributed by atoms with Crippen molar-refractivity contribution in [3.8, 4) is 0 Å². The van der Waals surface area contributed by atoms with Gasteiger partial charge in [0.1, 0.15) is 0 Å². The molecule has 0 radical (unpaired) electrons. The Hall–Kier alpha value is -0.960. The molecule has 1 aliphatic rings. The molecular weight excluding hydrogens is 208 g/mol. The van der Waals surface area contributed by atoms with Gasteiger partial charge in [-0.3, -0.25) is 0 Å². The zero-order chi connectivity index (χ0) is 11.8. The molecule has 1 fully saturated rings. The second-order valence-corrected chi connectivity index (χ2v) is 4.81. The van der Waals surface area contributed by atoms with Gasteiger partial charge in [0.05, 0.1) is 0 Å². The van der Waals surface area contributed by atoms with Crippen LogP contribution in [0.15, 0.2) is 12.1 Å². The van der Waals surface area contributed by atoms with Gasteiger partial charge in [-0.05, 0) is 37.0 Å². The molecule has 0 heterocycles. The number of benzene rings is 1. The first kappa shape index (κ1) is 11.5. The molecule has 1 nitrogen and oxygen atoms in total. The molecule has 2 rings (SSSR count). The van der Waals surface area contributed by atoms with Crippen molar-refractivity contribution in [2.45, 2.75) is 44.6 Å². The number of hydrogen-bond acceptors (Lipinski definition) is 1. The van der Waals surface area contributed by atoms with E-state index in [0.717, 1.165) is 31.2 Å². The Labute approximate surface area is 94.7 Å². The highest BCUT2D eigenvalue weighted by atomic mass is 19.2. The van der Waals surface area contributed by atoms with E-state index in [4.69, 9.17) is 5.73 Å². The van der Waals surface area contributed by atoms with Crippen LogP contribution >= 0.6 is 0 Å². The van der Waals surface area contributed by atoms with Gasteiger partial charge in [0.15, 0.2) is 11.6 Å². The number of aryl methyl sites for hydroxylation is 1. The summed E-state index contributed by atoms with van der Waals surface area (Å²) in [4.78, 5) is 0. The standard InChI is InChI=1S/C13H17F2N/c1-9-7-10(8-11(14)12(9)15)13(16)5-3-2-4-6-13/h7-8H,2-6,16H2,1H3. The van der Waals surface area contributed by atoms with Crippen molar-refractivity contribution in [2.24, 2.45) is 5.73 Å². The molecule has 16 heavy (non-hydrogen) atoms. The van der Waals surface area contributed by atoms with Crippen LogP contribution in [0.5, 0.6) is 0 Å². The average Bonchev–Trinajstić information content (AvgIpc) is 2.26. The Bertz CT molecular complexity index is 372. The molecule has 1 aromatic carbocycles. The molecule has 2 N–H and O–H groups in total. The molecule has 0 aliphatic heterocycles. The summed E-state index contributed by atoms with van der Waals surface area (Å²) in [5, 5.41) is 0. The molecular formula is C13H17F2N. The first-order chi connectivity index (χ1) is 7.53. The lowest BCUT2D eigenvalue weighted by atomic mass is 9.77. The van der Waals surface area contributed by atoms with E-state index in [9.17, 15) is 8.78 Å². The smallest absolute Gasteiger partial charge is 0.161 e. The third-order valence-electron chi connectivity index (χ3n) is 3.53. The quantitative estimate of drug-likeness (QED) is 0.779. The highest BCUT2D eigenvalue weighted by Crippen LogP contribution is 2.35. The van der Waals surface area contributed by atoms with Crippen LogP contribution in [-0.4, -0.2) is 0 Å². The molecule has 0 aromatic heterocycles. The molecule has 1 aliphatic carbocycles. The fourth-order valence-corrected chi connectivity index (χ4v) is 2.49. The number of nitrogens with two attached hydrogens (primary N) is 1. The fraction of sp³-hybridized carbons (Fsp3) is 0.538. The first-order valence-electron chi connectivity index (χ1n) is 5.78. The Kier molecular flexibility index (Phi) is 2.98. The predicted octanol–water partition coefficient (Wildman–Crippen LogP) is 3.39. The molecule has 0 unspecified atom stereocenters. The minimum Gasteiger partial charge on any atom is -0.321 e. The van der Waals surface area contributed by atoms with E-state index in [1.54, 1.807) is 13.0 Å². The lowest BCUT2D eigenvalue weighted by molar-refractivity contribution is 0.300. The van der Waals surface area contributed by atoms with Crippen molar-refractivity contribution >= 4 is 0 Å². The van der Waals surface area contributed by atoms with Crippen molar-refractivity contribution in [3.63, 3.8) is 0 Å². The first-order valence-corrected chi connectivity index (χ1v) is 5.78. The van der Waals surface area contributed by atoms with Crippen molar-refractivity contribution in [2.75, 3.05) is 0 Å². The molecule has 0 saturated heterocycles. The van der Waals surface area contributed by atoms with E-state index < -0.39 is 17.2 Å². The molecule has 1 aromatic rings. The Balaban J connectivity index is 2.39. The summed E-state index contributed by atoms with van der Waals surface area (Å²) in [5.74, 6) is -1.55. The van der Waals surface area contributed by atoms with Gasteiger partial charge in [-0.2, -0.15) is 0 Å². The van der Waals surface area contributed by atoms with Crippen LogP contribution in [0.2, 0.25) is 0 Å². The maximum Gasteiger partial charge on any atom is 0.161 e. The van der Waals surface area contributed by atoms with Gasteiger partial charge >= 0.3 is 0 Å². The van der Waals surface area contributed by atoms with Gasteiger partial charge < -0.3 is 5.73 Å². The summed E-state index contributed by atoms with van der Waals surface area (Å²) in [6, 6.07) is 2.94. The molecule has 88 valence electrons. The van der Waals surface area contributed by atoms with E-state index in [2.05, 4.69) is 0 Å². The summed E-state index contributed by atoms with van der Waals surface area (Å²) < 4.78 is 26.5. The monoisotopic (exact) mass is 225 g/mol.